The van der Waals surface area contributed by atoms with Crippen LogP contribution in [0.15, 0.2) is 132 Å². The molecule has 0 fully saturated rings. The van der Waals surface area contributed by atoms with Gasteiger partial charge >= 0.3 is 0 Å². The van der Waals surface area contributed by atoms with Gasteiger partial charge in [-0.1, -0.05) is 112 Å². The number of para-hydroxylation sites is 1. The van der Waals surface area contributed by atoms with Gasteiger partial charge in [-0.2, -0.15) is 0 Å². The highest BCUT2D eigenvalue weighted by Gasteiger charge is 2.30. The van der Waals surface area contributed by atoms with E-state index in [4.69, 9.17) is 4.42 Å². The van der Waals surface area contributed by atoms with E-state index >= 15 is 0 Å². The van der Waals surface area contributed by atoms with E-state index in [1.165, 1.54) is 21.5 Å². The Hall–Kier alpha value is -3.69. The monoisotopic (exact) mass is 884 g/mol. The first kappa shape index (κ1) is 32.8. The average molecular weight is 888 g/mol. The largest absolute Gasteiger partial charge is 0.455 e. The summed E-state index contributed by atoms with van der Waals surface area (Å²) in [7, 11) is 0. The molecule has 9 rings (SSSR count). The Morgan fingerprint density at radius 3 is 1.62 bits per heavy atom. The molecule has 2 aliphatic rings. The quantitative estimate of drug-likeness (QED) is 0.112. The van der Waals surface area contributed by atoms with Crippen LogP contribution < -0.4 is 0 Å². The van der Waals surface area contributed by atoms with Crippen LogP contribution in [0.25, 0.3) is 54.6 Å². The molecule has 0 radical (unpaired) electrons. The lowest BCUT2D eigenvalue weighted by atomic mass is 9.84. The molecular weight excluding hydrogens is 864 g/mol. The van der Waals surface area contributed by atoms with Crippen LogP contribution in [0.4, 0.5) is 0 Å². The van der Waals surface area contributed by atoms with Crippen molar-refractivity contribution in [2.24, 2.45) is 0 Å². The number of furan rings is 1. The van der Waals surface area contributed by atoms with Crippen LogP contribution in [0, 0.1) is 0 Å². The maximum absolute atomic E-state index is 12.1. The zero-order valence-electron chi connectivity index (χ0n) is 25.2. The smallest absolute Gasteiger partial charge is 0.234 e. The van der Waals surface area contributed by atoms with E-state index in [1.54, 1.807) is 18.2 Å². The predicted molar refractivity (Wildman–Crippen MR) is 208 cm³/mol. The highest BCUT2D eigenvalue weighted by atomic mass is 79.9. The number of fused-ring (bicyclic) bond motifs is 11. The van der Waals surface area contributed by atoms with Crippen molar-refractivity contribution in [2.75, 3.05) is 0 Å². The number of carbonyl (C=O) groups excluding carboxylic acids is 3. The van der Waals surface area contributed by atoms with Crippen LogP contribution in [0.1, 0.15) is 40.0 Å². The summed E-state index contributed by atoms with van der Waals surface area (Å²) in [5.41, 5.74) is 4.42. The van der Waals surface area contributed by atoms with Crippen LogP contribution in [-0.2, 0) is 4.79 Å². The van der Waals surface area contributed by atoms with Gasteiger partial charge in [0.05, 0.1) is 0 Å². The van der Waals surface area contributed by atoms with Crippen molar-refractivity contribution in [3.8, 4) is 11.1 Å². The van der Waals surface area contributed by atoms with Crippen LogP contribution in [0.5, 0.6) is 0 Å². The summed E-state index contributed by atoms with van der Waals surface area (Å²) in [5.74, 6) is -0.611. The van der Waals surface area contributed by atoms with E-state index in [1.807, 2.05) is 42.5 Å². The Morgan fingerprint density at radius 1 is 0.521 bits per heavy atom. The number of hydrogen-bond donors (Lipinski definition) is 0. The first-order valence-electron chi connectivity index (χ1n) is 15.2. The Bertz CT molecular complexity index is 2430. The highest BCUT2D eigenvalue weighted by molar-refractivity contribution is 9.11. The number of Topliss-reactive ketones (excluding diaryl/α,β-unsaturated/α-hetero) is 2. The second-order valence-corrected chi connectivity index (χ2v) is 15.1. The molecule has 0 spiro atoms. The highest BCUT2D eigenvalue weighted by Crippen LogP contribution is 2.42. The fourth-order valence-corrected chi connectivity index (χ4v) is 7.66. The normalized spacial score (nSPS) is 13.6. The molecule has 0 saturated carbocycles. The van der Waals surface area contributed by atoms with Crippen molar-refractivity contribution in [1.82, 2.24) is 0 Å². The van der Waals surface area contributed by atoms with Crippen molar-refractivity contribution < 1.29 is 18.8 Å². The second-order valence-electron chi connectivity index (χ2n) is 11.5. The lowest BCUT2D eigenvalue weighted by Crippen LogP contribution is -2.21. The number of carbonyl (C=O) groups is 3. The maximum Gasteiger partial charge on any atom is 0.234 e. The fraction of sp³-hybridized carbons (Fsp3) is 0.0750. The topological polar surface area (TPSA) is 64.3 Å². The third-order valence-electron chi connectivity index (χ3n) is 8.41. The molecule has 48 heavy (non-hydrogen) atoms. The SMILES string of the molecule is Brc1ccc2c3ccc(Br)cc3c3c4ccccc4oc3c2c1.O=C1C(=O)c2cc(Br)ccc2-c2ccc(Br)cc21.O=C1C=CCCC1. The molecule has 0 saturated heterocycles. The maximum atomic E-state index is 12.1. The van der Waals surface area contributed by atoms with E-state index in [0.29, 0.717) is 11.1 Å². The molecule has 0 amide bonds. The number of allylic oxidation sites excluding steroid dienone is 2. The standard InChI is InChI=1S/C20H10Br2O.C14H6Br2O2.C6H8O/c21-11-5-7-13-14-8-6-12(22)10-17(14)20-19(16(13)9-11)15-3-1-2-4-18(15)23-20;15-7-1-3-9-10-4-2-8(16)6-12(10)14(18)13(17)11(9)5-7;7-6-4-2-1-3-5-6/h1-10H;1-6H;2,4H,1,3,5H2. The summed E-state index contributed by atoms with van der Waals surface area (Å²) in [6, 6.07) is 31.9. The molecule has 7 aromatic rings. The number of rotatable bonds is 0. The average Bonchev–Trinajstić information content (AvgIpc) is 3.49. The summed E-state index contributed by atoms with van der Waals surface area (Å²) in [6.07, 6.45) is 6.51. The molecular formula is C40H24Br4O4. The van der Waals surface area contributed by atoms with Gasteiger partial charge in [0.1, 0.15) is 11.2 Å². The van der Waals surface area contributed by atoms with Crippen molar-refractivity contribution in [3.63, 3.8) is 0 Å². The van der Waals surface area contributed by atoms with E-state index in [2.05, 4.69) is 112 Å². The van der Waals surface area contributed by atoms with E-state index in [0.717, 1.165) is 70.2 Å². The lowest BCUT2D eigenvalue weighted by molar-refractivity contribution is -0.114. The number of hydrogen-bond acceptors (Lipinski definition) is 4. The van der Waals surface area contributed by atoms with Crippen molar-refractivity contribution in [2.45, 2.75) is 19.3 Å². The molecule has 1 heterocycles. The van der Waals surface area contributed by atoms with Gasteiger partial charge < -0.3 is 4.42 Å². The van der Waals surface area contributed by atoms with Gasteiger partial charge in [-0.25, -0.2) is 0 Å². The Kier molecular flexibility index (Phi) is 9.35. The van der Waals surface area contributed by atoms with E-state index < -0.39 is 11.6 Å². The summed E-state index contributed by atoms with van der Waals surface area (Å²) in [6.45, 7) is 0. The molecule has 6 aromatic carbocycles. The molecule has 0 N–H and O–H groups in total. The van der Waals surface area contributed by atoms with Crippen molar-refractivity contribution in [3.05, 3.63) is 138 Å². The fourth-order valence-electron chi connectivity index (χ4n) is 6.22. The van der Waals surface area contributed by atoms with E-state index in [-0.39, 0.29) is 5.78 Å². The predicted octanol–water partition coefficient (Wildman–Crippen LogP) is 13.0. The van der Waals surface area contributed by atoms with Crippen LogP contribution >= 0.6 is 63.7 Å². The molecule has 2 aliphatic carbocycles. The van der Waals surface area contributed by atoms with Crippen LogP contribution in [-0.4, -0.2) is 17.3 Å². The van der Waals surface area contributed by atoms with Gasteiger partial charge in [-0.05, 0) is 101 Å². The molecule has 0 aliphatic heterocycles. The molecule has 4 nitrogen and oxygen atoms in total. The minimum Gasteiger partial charge on any atom is -0.455 e. The van der Waals surface area contributed by atoms with E-state index in [9.17, 15) is 14.4 Å². The summed E-state index contributed by atoms with van der Waals surface area (Å²) in [5, 5.41) is 7.15. The molecule has 0 atom stereocenters. The first-order chi connectivity index (χ1) is 23.2. The molecule has 236 valence electrons. The van der Waals surface area contributed by atoms with Gasteiger partial charge in [-0.15, -0.1) is 0 Å². The van der Waals surface area contributed by atoms with Gasteiger partial charge in [0, 0.05) is 51.6 Å². The summed E-state index contributed by atoms with van der Waals surface area (Å²) < 4.78 is 9.96. The molecule has 8 heteroatoms. The zero-order valence-corrected chi connectivity index (χ0v) is 31.5. The van der Waals surface area contributed by atoms with Crippen molar-refractivity contribution in [1.29, 1.82) is 0 Å². The number of ketones is 3. The zero-order chi connectivity index (χ0) is 33.5. The lowest BCUT2D eigenvalue weighted by Gasteiger charge is -2.18. The summed E-state index contributed by atoms with van der Waals surface area (Å²) in [4.78, 5) is 34.5. The molecule has 0 bridgehead atoms. The minimum atomic E-state index is -0.447. The third kappa shape index (κ3) is 6.27. The Balaban J connectivity index is 0.000000129. The summed E-state index contributed by atoms with van der Waals surface area (Å²) >= 11 is 13.8. The van der Waals surface area contributed by atoms with Gasteiger partial charge in [0.15, 0.2) is 5.78 Å². The second kappa shape index (κ2) is 13.7. The first-order valence-corrected chi connectivity index (χ1v) is 18.4. The van der Waals surface area contributed by atoms with Crippen LogP contribution in [0.2, 0.25) is 0 Å². The van der Waals surface area contributed by atoms with Crippen LogP contribution in [0.3, 0.4) is 0 Å². The van der Waals surface area contributed by atoms with Gasteiger partial charge in [0.2, 0.25) is 11.6 Å². The third-order valence-corrected chi connectivity index (χ3v) is 10.4. The van der Waals surface area contributed by atoms with Gasteiger partial charge in [-0.3, -0.25) is 14.4 Å². The molecule has 0 unspecified atom stereocenters. The van der Waals surface area contributed by atoms with Gasteiger partial charge in [0.25, 0.3) is 0 Å². The van der Waals surface area contributed by atoms with Crippen molar-refractivity contribution >= 4 is 125 Å². The number of halogens is 4. The Morgan fingerprint density at radius 2 is 1.06 bits per heavy atom. The molecule has 1 aromatic heterocycles. The Labute approximate surface area is 309 Å². The minimum absolute atomic E-state index is 0.284. The number of benzene rings is 6.